The molecule has 0 heterocycles. The lowest BCUT2D eigenvalue weighted by molar-refractivity contribution is -0.123. The maximum atomic E-state index is 12.1. The normalized spacial score (nSPS) is 25.2. The van der Waals surface area contributed by atoms with Crippen LogP contribution in [-0.2, 0) is 4.79 Å². The first-order valence-electron chi connectivity index (χ1n) is 8.39. The van der Waals surface area contributed by atoms with Gasteiger partial charge in [0.05, 0.1) is 0 Å². The van der Waals surface area contributed by atoms with Gasteiger partial charge < -0.3 is 4.90 Å². The van der Waals surface area contributed by atoms with Gasteiger partial charge in [-0.1, -0.05) is 12.5 Å². The lowest BCUT2D eigenvalue weighted by Crippen LogP contribution is -2.42. The van der Waals surface area contributed by atoms with E-state index in [4.69, 9.17) is 0 Å². The molecule has 2 aliphatic rings. The van der Waals surface area contributed by atoms with Crippen LogP contribution in [0.5, 0.6) is 0 Å². The van der Waals surface area contributed by atoms with E-state index in [1.807, 2.05) is 31.1 Å². The molecule has 0 unspecified atom stereocenters. The number of benzene rings is 1. The van der Waals surface area contributed by atoms with Crippen LogP contribution in [0.3, 0.4) is 0 Å². The van der Waals surface area contributed by atoms with Crippen molar-refractivity contribution < 1.29 is 9.59 Å². The third-order valence-electron chi connectivity index (χ3n) is 5.27. The first kappa shape index (κ1) is 15.8. The van der Waals surface area contributed by atoms with E-state index in [2.05, 4.69) is 10.9 Å². The SMILES string of the molecule is CN(C)c1cccc(C(=O)NNC(=O)C[C@H]2C[C@H]3CC[C@H]2C3)c1. The molecule has 1 aromatic carbocycles. The summed E-state index contributed by atoms with van der Waals surface area (Å²) in [5, 5.41) is 0. The van der Waals surface area contributed by atoms with E-state index in [9.17, 15) is 9.59 Å². The molecule has 2 amide bonds. The molecular formula is C18H25N3O2. The molecule has 0 spiro atoms. The van der Waals surface area contributed by atoms with E-state index >= 15 is 0 Å². The summed E-state index contributed by atoms with van der Waals surface area (Å²) >= 11 is 0. The Hall–Kier alpha value is -2.04. The molecule has 0 aromatic heterocycles. The summed E-state index contributed by atoms with van der Waals surface area (Å²) in [7, 11) is 3.85. The van der Waals surface area contributed by atoms with E-state index in [1.165, 1.54) is 25.7 Å². The number of hydrazine groups is 1. The zero-order chi connectivity index (χ0) is 16.4. The van der Waals surface area contributed by atoms with Crippen LogP contribution in [0.25, 0.3) is 0 Å². The number of hydrogen-bond acceptors (Lipinski definition) is 3. The zero-order valence-electron chi connectivity index (χ0n) is 13.8. The highest BCUT2D eigenvalue weighted by Crippen LogP contribution is 2.49. The molecule has 5 nitrogen and oxygen atoms in total. The van der Waals surface area contributed by atoms with Crippen LogP contribution >= 0.6 is 0 Å². The first-order valence-corrected chi connectivity index (χ1v) is 8.39. The van der Waals surface area contributed by atoms with E-state index in [-0.39, 0.29) is 11.8 Å². The van der Waals surface area contributed by atoms with Gasteiger partial charge in [-0.25, -0.2) is 0 Å². The number of fused-ring (bicyclic) bond motifs is 2. The minimum atomic E-state index is -0.282. The smallest absolute Gasteiger partial charge is 0.269 e. The highest BCUT2D eigenvalue weighted by atomic mass is 16.2. The standard InChI is InChI=1S/C18H25N3O2/c1-21(2)16-5-3-4-14(10-16)18(23)20-19-17(22)11-15-9-12-6-7-13(15)8-12/h3-5,10,12-13,15H,6-9,11H2,1-2H3,(H,19,22)(H,20,23)/t12-,13-,15+/m0/s1. The van der Waals surface area contributed by atoms with Gasteiger partial charge in [0, 0.05) is 31.8 Å². The molecule has 2 bridgehead atoms. The number of nitrogens with one attached hydrogen (secondary N) is 2. The molecule has 0 saturated heterocycles. The lowest BCUT2D eigenvalue weighted by Gasteiger charge is -2.21. The monoisotopic (exact) mass is 315 g/mol. The molecule has 2 aliphatic carbocycles. The van der Waals surface area contributed by atoms with Gasteiger partial charge in [0.15, 0.2) is 0 Å². The highest BCUT2D eigenvalue weighted by molar-refractivity contribution is 5.96. The zero-order valence-corrected chi connectivity index (χ0v) is 13.8. The summed E-state index contributed by atoms with van der Waals surface area (Å²) in [5.41, 5.74) is 6.58. The predicted octanol–water partition coefficient (Wildman–Crippen LogP) is 2.34. The average Bonchev–Trinajstić information content (AvgIpc) is 3.15. The van der Waals surface area contributed by atoms with Crippen molar-refractivity contribution in [3.05, 3.63) is 29.8 Å². The van der Waals surface area contributed by atoms with Gasteiger partial charge in [-0.2, -0.15) is 0 Å². The van der Waals surface area contributed by atoms with E-state index in [1.54, 1.807) is 12.1 Å². The van der Waals surface area contributed by atoms with E-state index in [0.717, 1.165) is 17.5 Å². The summed E-state index contributed by atoms with van der Waals surface area (Å²) in [6.07, 6.45) is 5.60. The van der Waals surface area contributed by atoms with Gasteiger partial charge >= 0.3 is 0 Å². The molecule has 3 rings (SSSR count). The van der Waals surface area contributed by atoms with Gasteiger partial charge in [-0.3, -0.25) is 20.4 Å². The molecule has 2 saturated carbocycles. The van der Waals surface area contributed by atoms with E-state index in [0.29, 0.717) is 17.9 Å². The summed E-state index contributed by atoms with van der Waals surface area (Å²) in [6, 6.07) is 7.31. The number of amides is 2. The van der Waals surface area contributed by atoms with Crippen molar-refractivity contribution in [1.29, 1.82) is 0 Å². The van der Waals surface area contributed by atoms with Gasteiger partial charge in [0.1, 0.15) is 0 Å². The van der Waals surface area contributed by atoms with Gasteiger partial charge in [0.25, 0.3) is 5.91 Å². The quantitative estimate of drug-likeness (QED) is 0.838. The van der Waals surface area contributed by atoms with Crippen LogP contribution in [0, 0.1) is 17.8 Å². The maximum Gasteiger partial charge on any atom is 0.269 e. The van der Waals surface area contributed by atoms with Crippen LogP contribution in [0.4, 0.5) is 5.69 Å². The Morgan fingerprint density at radius 2 is 2.00 bits per heavy atom. The van der Waals surface area contributed by atoms with Crippen LogP contribution < -0.4 is 15.8 Å². The van der Waals surface area contributed by atoms with Crippen LogP contribution in [0.2, 0.25) is 0 Å². The van der Waals surface area contributed by atoms with Crippen molar-refractivity contribution >= 4 is 17.5 Å². The Balaban J connectivity index is 1.48. The summed E-state index contributed by atoms with van der Waals surface area (Å²) in [5.74, 6) is 1.69. The molecule has 2 fully saturated rings. The summed E-state index contributed by atoms with van der Waals surface area (Å²) in [4.78, 5) is 26.1. The Kier molecular flexibility index (Phi) is 4.55. The molecule has 3 atom stereocenters. The first-order chi connectivity index (χ1) is 11.0. The molecule has 1 aromatic rings. The molecular weight excluding hydrogens is 290 g/mol. The Labute approximate surface area is 137 Å². The van der Waals surface area contributed by atoms with Crippen molar-refractivity contribution in [2.24, 2.45) is 17.8 Å². The fraction of sp³-hybridized carbons (Fsp3) is 0.556. The number of nitrogens with zero attached hydrogens (tertiary/aromatic N) is 1. The van der Waals surface area contributed by atoms with Crippen molar-refractivity contribution in [1.82, 2.24) is 10.9 Å². The number of carbonyl (C=O) groups excluding carboxylic acids is 2. The molecule has 5 heteroatoms. The van der Waals surface area contributed by atoms with Crippen molar-refractivity contribution in [3.8, 4) is 0 Å². The summed E-state index contributed by atoms with van der Waals surface area (Å²) < 4.78 is 0. The number of carbonyl (C=O) groups is 2. The fourth-order valence-electron chi connectivity index (χ4n) is 4.04. The minimum absolute atomic E-state index is 0.0836. The number of anilines is 1. The second-order valence-electron chi connectivity index (χ2n) is 7.09. The largest absolute Gasteiger partial charge is 0.378 e. The van der Waals surface area contributed by atoms with Gasteiger partial charge in [0.2, 0.25) is 5.91 Å². The van der Waals surface area contributed by atoms with Crippen LogP contribution in [0.15, 0.2) is 24.3 Å². The number of rotatable bonds is 4. The third kappa shape index (κ3) is 3.66. The van der Waals surface area contributed by atoms with Crippen molar-refractivity contribution in [2.75, 3.05) is 19.0 Å². The second kappa shape index (κ2) is 6.60. The molecule has 124 valence electrons. The fourth-order valence-corrected chi connectivity index (χ4v) is 4.04. The Morgan fingerprint density at radius 1 is 1.17 bits per heavy atom. The average molecular weight is 315 g/mol. The third-order valence-corrected chi connectivity index (χ3v) is 5.27. The van der Waals surface area contributed by atoms with E-state index < -0.39 is 0 Å². The van der Waals surface area contributed by atoms with Crippen LogP contribution in [-0.4, -0.2) is 25.9 Å². The van der Waals surface area contributed by atoms with Gasteiger partial charge in [-0.05, 0) is 55.2 Å². The molecule has 0 aliphatic heterocycles. The second-order valence-corrected chi connectivity index (χ2v) is 7.09. The topological polar surface area (TPSA) is 61.4 Å². The number of hydrogen-bond donors (Lipinski definition) is 2. The molecule has 0 radical (unpaired) electrons. The van der Waals surface area contributed by atoms with Crippen LogP contribution in [0.1, 0.15) is 42.5 Å². The van der Waals surface area contributed by atoms with Crippen molar-refractivity contribution in [3.63, 3.8) is 0 Å². The minimum Gasteiger partial charge on any atom is -0.378 e. The molecule has 2 N–H and O–H groups in total. The van der Waals surface area contributed by atoms with Crippen molar-refractivity contribution in [2.45, 2.75) is 32.1 Å². The lowest BCUT2D eigenvalue weighted by atomic mass is 9.86. The molecule has 23 heavy (non-hydrogen) atoms. The summed E-state index contributed by atoms with van der Waals surface area (Å²) in [6.45, 7) is 0. The maximum absolute atomic E-state index is 12.1. The predicted molar refractivity (Wildman–Crippen MR) is 89.9 cm³/mol. The Morgan fingerprint density at radius 3 is 2.65 bits per heavy atom. The Bertz CT molecular complexity index is 600. The highest BCUT2D eigenvalue weighted by Gasteiger charge is 2.40. The van der Waals surface area contributed by atoms with Gasteiger partial charge in [-0.15, -0.1) is 0 Å².